The van der Waals surface area contributed by atoms with Gasteiger partial charge < -0.3 is 10.1 Å². The van der Waals surface area contributed by atoms with Gasteiger partial charge in [0.2, 0.25) is 0 Å². The average Bonchev–Trinajstić information content (AvgIpc) is 3.37. The molecular formula is C19H18ClNO2. The Morgan fingerprint density at radius 2 is 1.70 bits per heavy atom. The summed E-state index contributed by atoms with van der Waals surface area (Å²) in [6, 6.07) is 15.5. The molecule has 4 heteroatoms. The largest absolute Gasteiger partial charge is 0.376 e. The van der Waals surface area contributed by atoms with E-state index in [2.05, 4.69) is 17.4 Å². The molecule has 1 aliphatic heterocycles. The highest BCUT2D eigenvalue weighted by Gasteiger charge is 2.41. The summed E-state index contributed by atoms with van der Waals surface area (Å²) >= 11 is 5.95. The Balaban J connectivity index is 1.52. The van der Waals surface area contributed by atoms with Crippen LogP contribution in [0.1, 0.15) is 40.2 Å². The van der Waals surface area contributed by atoms with Gasteiger partial charge in [0.15, 0.2) is 0 Å². The normalized spacial score (nSPS) is 19.0. The summed E-state index contributed by atoms with van der Waals surface area (Å²) in [6.07, 6.45) is 2.53. The van der Waals surface area contributed by atoms with E-state index in [0.29, 0.717) is 29.7 Å². The molecule has 0 atom stereocenters. The van der Waals surface area contributed by atoms with Gasteiger partial charge in [-0.05, 0) is 54.2 Å². The number of hydrogen-bond acceptors (Lipinski definition) is 2. The van der Waals surface area contributed by atoms with Gasteiger partial charge in [-0.3, -0.25) is 4.79 Å². The number of hydrogen-bond donors (Lipinski definition) is 1. The van der Waals surface area contributed by atoms with Gasteiger partial charge in [0.1, 0.15) is 5.54 Å². The van der Waals surface area contributed by atoms with Crippen molar-refractivity contribution in [2.75, 3.05) is 13.2 Å². The van der Waals surface area contributed by atoms with E-state index >= 15 is 0 Å². The molecule has 118 valence electrons. The number of ether oxygens (including phenoxy) is 1. The van der Waals surface area contributed by atoms with Crippen molar-refractivity contribution in [1.82, 2.24) is 5.32 Å². The molecule has 0 bridgehead atoms. The summed E-state index contributed by atoms with van der Waals surface area (Å²) in [4.78, 5) is 12.6. The molecule has 0 spiro atoms. The third kappa shape index (κ3) is 2.87. The van der Waals surface area contributed by atoms with Crippen molar-refractivity contribution in [2.24, 2.45) is 0 Å². The Kier molecular flexibility index (Phi) is 3.63. The fraction of sp³-hybridized carbons (Fsp3) is 0.316. The van der Waals surface area contributed by atoms with Gasteiger partial charge >= 0.3 is 0 Å². The van der Waals surface area contributed by atoms with Gasteiger partial charge in [-0.25, -0.2) is 0 Å². The second-order valence-corrected chi connectivity index (χ2v) is 6.87. The number of carbonyl (C=O) groups excluding carboxylic acids is 1. The van der Waals surface area contributed by atoms with Crippen LogP contribution in [0.15, 0.2) is 48.5 Å². The van der Waals surface area contributed by atoms with Crippen LogP contribution in [0, 0.1) is 0 Å². The molecule has 2 fully saturated rings. The number of rotatable bonds is 4. The molecule has 0 unspecified atom stereocenters. The number of halogens is 1. The third-order valence-corrected chi connectivity index (χ3v) is 4.92. The zero-order chi connectivity index (χ0) is 15.9. The van der Waals surface area contributed by atoms with Crippen LogP contribution in [0.5, 0.6) is 0 Å². The van der Waals surface area contributed by atoms with E-state index in [-0.39, 0.29) is 5.91 Å². The van der Waals surface area contributed by atoms with Crippen molar-refractivity contribution in [3.05, 3.63) is 70.2 Å². The standard InChI is InChI=1S/C19H18ClNO2/c20-17-9-7-16(8-10-17)19(11-23-12-19)21-18(22)15-5-3-14(4-6-15)13-1-2-13/h3-10,13H,1-2,11-12H2,(H,21,22). The first kappa shape index (κ1) is 14.7. The van der Waals surface area contributed by atoms with Crippen LogP contribution in [-0.4, -0.2) is 19.1 Å². The topological polar surface area (TPSA) is 38.3 Å². The minimum absolute atomic E-state index is 0.0643. The summed E-state index contributed by atoms with van der Waals surface area (Å²) in [5.41, 5.74) is 2.60. The molecule has 1 amide bonds. The summed E-state index contributed by atoms with van der Waals surface area (Å²) < 4.78 is 5.37. The summed E-state index contributed by atoms with van der Waals surface area (Å²) in [6.45, 7) is 0.973. The highest BCUT2D eigenvalue weighted by molar-refractivity contribution is 6.30. The molecule has 1 saturated heterocycles. The Morgan fingerprint density at radius 1 is 1.04 bits per heavy atom. The van der Waals surface area contributed by atoms with Crippen molar-refractivity contribution in [2.45, 2.75) is 24.3 Å². The van der Waals surface area contributed by atoms with Crippen molar-refractivity contribution in [3.8, 4) is 0 Å². The van der Waals surface area contributed by atoms with Crippen molar-refractivity contribution in [3.63, 3.8) is 0 Å². The minimum atomic E-state index is -0.448. The zero-order valence-corrected chi connectivity index (χ0v) is 13.5. The smallest absolute Gasteiger partial charge is 0.252 e. The molecule has 0 aromatic heterocycles. The van der Waals surface area contributed by atoms with Crippen LogP contribution in [-0.2, 0) is 10.3 Å². The maximum Gasteiger partial charge on any atom is 0.252 e. The van der Waals surface area contributed by atoms with Crippen molar-refractivity contribution in [1.29, 1.82) is 0 Å². The number of nitrogens with one attached hydrogen (secondary N) is 1. The summed E-state index contributed by atoms with van der Waals surface area (Å²) in [5, 5.41) is 3.83. The monoisotopic (exact) mass is 327 g/mol. The van der Waals surface area contributed by atoms with Crippen molar-refractivity contribution >= 4 is 17.5 Å². The molecule has 23 heavy (non-hydrogen) atoms. The minimum Gasteiger partial charge on any atom is -0.376 e. The average molecular weight is 328 g/mol. The van der Waals surface area contributed by atoms with Crippen LogP contribution in [0.4, 0.5) is 0 Å². The Bertz CT molecular complexity index is 716. The molecule has 1 saturated carbocycles. The molecule has 1 aliphatic carbocycles. The fourth-order valence-corrected chi connectivity index (χ4v) is 3.12. The Labute approximate surface area is 140 Å². The first-order chi connectivity index (χ1) is 11.2. The van der Waals surface area contributed by atoms with E-state index in [1.54, 1.807) is 0 Å². The predicted octanol–water partition coefficient (Wildman–Crippen LogP) is 3.87. The molecular weight excluding hydrogens is 310 g/mol. The van der Waals surface area contributed by atoms with Gasteiger partial charge in [-0.15, -0.1) is 0 Å². The molecule has 4 rings (SSSR count). The molecule has 1 N–H and O–H groups in total. The first-order valence-electron chi connectivity index (χ1n) is 7.93. The van der Waals surface area contributed by atoms with Crippen LogP contribution in [0.25, 0.3) is 0 Å². The number of carbonyl (C=O) groups is 1. The van der Waals surface area contributed by atoms with Crippen LogP contribution in [0.2, 0.25) is 5.02 Å². The lowest BCUT2D eigenvalue weighted by Gasteiger charge is -2.42. The highest BCUT2D eigenvalue weighted by atomic mass is 35.5. The zero-order valence-electron chi connectivity index (χ0n) is 12.7. The molecule has 2 aromatic carbocycles. The second kappa shape index (κ2) is 5.66. The van der Waals surface area contributed by atoms with E-state index in [0.717, 1.165) is 5.56 Å². The van der Waals surface area contributed by atoms with Crippen LogP contribution >= 0.6 is 11.6 Å². The quantitative estimate of drug-likeness (QED) is 0.925. The predicted molar refractivity (Wildman–Crippen MR) is 89.8 cm³/mol. The van der Waals surface area contributed by atoms with E-state index in [1.165, 1.54) is 18.4 Å². The van der Waals surface area contributed by atoms with Gasteiger partial charge in [-0.2, -0.15) is 0 Å². The lowest BCUT2D eigenvalue weighted by atomic mass is 9.87. The SMILES string of the molecule is O=C(NC1(c2ccc(Cl)cc2)COC1)c1ccc(C2CC2)cc1. The number of benzene rings is 2. The lowest BCUT2D eigenvalue weighted by molar-refractivity contribution is -0.0733. The molecule has 2 aromatic rings. The maximum absolute atomic E-state index is 12.6. The van der Waals surface area contributed by atoms with Gasteiger partial charge in [0, 0.05) is 10.6 Å². The Hall–Kier alpha value is -1.84. The highest BCUT2D eigenvalue weighted by Crippen LogP contribution is 2.40. The van der Waals surface area contributed by atoms with E-state index in [1.807, 2.05) is 36.4 Å². The molecule has 1 heterocycles. The van der Waals surface area contributed by atoms with Gasteiger partial charge in [0.05, 0.1) is 13.2 Å². The number of amides is 1. The van der Waals surface area contributed by atoms with Crippen LogP contribution in [0.3, 0.4) is 0 Å². The molecule has 3 nitrogen and oxygen atoms in total. The van der Waals surface area contributed by atoms with E-state index in [4.69, 9.17) is 16.3 Å². The van der Waals surface area contributed by atoms with E-state index < -0.39 is 5.54 Å². The van der Waals surface area contributed by atoms with Gasteiger partial charge in [-0.1, -0.05) is 35.9 Å². The third-order valence-electron chi connectivity index (χ3n) is 4.67. The fourth-order valence-electron chi connectivity index (χ4n) is 3.00. The maximum atomic E-state index is 12.6. The van der Waals surface area contributed by atoms with Crippen LogP contribution < -0.4 is 5.32 Å². The van der Waals surface area contributed by atoms with E-state index in [9.17, 15) is 4.79 Å². The summed E-state index contributed by atoms with van der Waals surface area (Å²) in [5.74, 6) is 0.637. The molecule has 2 aliphatic rings. The first-order valence-corrected chi connectivity index (χ1v) is 8.30. The second-order valence-electron chi connectivity index (χ2n) is 6.43. The van der Waals surface area contributed by atoms with Gasteiger partial charge in [0.25, 0.3) is 5.91 Å². The summed E-state index contributed by atoms with van der Waals surface area (Å²) in [7, 11) is 0. The molecule has 0 radical (unpaired) electrons. The lowest BCUT2D eigenvalue weighted by Crippen LogP contribution is -2.59. The Morgan fingerprint density at radius 3 is 2.22 bits per heavy atom. The van der Waals surface area contributed by atoms with Crippen molar-refractivity contribution < 1.29 is 9.53 Å².